The molecule has 1 heterocycles. The molecule has 0 saturated heterocycles. The molecule has 1 saturated carbocycles. The van der Waals surface area contributed by atoms with Crippen molar-refractivity contribution in [1.29, 1.82) is 0 Å². The van der Waals surface area contributed by atoms with E-state index < -0.39 is 0 Å². The highest BCUT2D eigenvalue weighted by Crippen LogP contribution is 2.41. The molecule has 0 radical (unpaired) electrons. The van der Waals surface area contributed by atoms with Crippen LogP contribution in [0, 0.1) is 5.41 Å². The van der Waals surface area contributed by atoms with Gasteiger partial charge in [0.1, 0.15) is 0 Å². The Kier molecular flexibility index (Phi) is 1.04. The highest BCUT2D eigenvalue weighted by Gasteiger charge is 2.34. The standard InChI is InChI=1S/C8H12O/c1-2-4-8(3-1)5-6-9-7-8/h5-6H,1-4,7H2. The first kappa shape index (κ1) is 5.33. The van der Waals surface area contributed by atoms with E-state index in [1.165, 1.54) is 25.7 Å². The third-order valence-corrected chi connectivity index (χ3v) is 2.49. The van der Waals surface area contributed by atoms with Crippen LogP contribution in [0.25, 0.3) is 0 Å². The lowest BCUT2D eigenvalue weighted by atomic mass is 9.89. The van der Waals surface area contributed by atoms with Gasteiger partial charge in [-0.05, 0) is 18.9 Å². The topological polar surface area (TPSA) is 9.23 Å². The second kappa shape index (κ2) is 1.76. The van der Waals surface area contributed by atoms with Gasteiger partial charge >= 0.3 is 0 Å². The fourth-order valence-corrected chi connectivity index (χ4v) is 1.84. The van der Waals surface area contributed by atoms with E-state index in [-0.39, 0.29) is 0 Å². The average molecular weight is 124 g/mol. The van der Waals surface area contributed by atoms with Gasteiger partial charge in [0.2, 0.25) is 0 Å². The summed E-state index contributed by atoms with van der Waals surface area (Å²) in [6, 6.07) is 0. The van der Waals surface area contributed by atoms with E-state index in [4.69, 9.17) is 4.74 Å². The van der Waals surface area contributed by atoms with Gasteiger partial charge in [0, 0.05) is 5.41 Å². The van der Waals surface area contributed by atoms with Gasteiger partial charge in [0.05, 0.1) is 12.9 Å². The number of rotatable bonds is 0. The van der Waals surface area contributed by atoms with E-state index in [2.05, 4.69) is 6.08 Å². The van der Waals surface area contributed by atoms with Crippen molar-refractivity contribution in [3.63, 3.8) is 0 Å². The Morgan fingerprint density at radius 3 is 2.56 bits per heavy atom. The molecule has 1 aliphatic heterocycles. The van der Waals surface area contributed by atoms with Gasteiger partial charge in [0.15, 0.2) is 0 Å². The SMILES string of the molecule is C1=CC2(CCCC2)CO1. The van der Waals surface area contributed by atoms with Crippen molar-refractivity contribution < 1.29 is 4.74 Å². The van der Waals surface area contributed by atoms with Gasteiger partial charge in [-0.1, -0.05) is 12.8 Å². The molecule has 2 aliphatic rings. The Labute approximate surface area is 55.7 Å². The predicted molar refractivity (Wildman–Crippen MR) is 36.0 cm³/mol. The third kappa shape index (κ3) is 0.752. The van der Waals surface area contributed by atoms with E-state index in [9.17, 15) is 0 Å². The van der Waals surface area contributed by atoms with Gasteiger partial charge in [-0.25, -0.2) is 0 Å². The zero-order chi connectivity index (χ0) is 6.16. The largest absolute Gasteiger partial charge is 0.501 e. The number of hydrogen-bond donors (Lipinski definition) is 0. The summed E-state index contributed by atoms with van der Waals surface area (Å²) in [6.07, 6.45) is 9.61. The molecular weight excluding hydrogens is 112 g/mol. The van der Waals surface area contributed by atoms with Crippen LogP contribution in [-0.4, -0.2) is 6.61 Å². The lowest BCUT2D eigenvalue weighted by Gasteiger charge is -2.16. The summed E-state index contributed by atoms with van der Waals surface area (Å²) in [4.78, 5) is 0. The van der Waals surface area contributed by atoms with Gasteiger partial charge in [0.25, 0.3) is 0 Å². The number of hydrogen-bond acceptors (Lipinski definition) is 1. The highest BCUT2D eigenvalue weighted by molar-refractivity contribution is 5.04. The summed E-state index contributed by atoms with van der Waals surface area (Å²) in [6.45, 7) is 0.951. The molecule has 0 bridgehead atoms. The first-order chi connectivity index (χ1) is 4.41. The Bertz CT molecular complexity index is 132. The van der Waals surface area contributed by atoms with E-state index in [0.717, 1.165) is 6.61 Å². The summed E-state index contributed by atoms with van der Waals surface area (Å²) in [5.74, 6) is 0. The molecule has 9 heavy (non-hydrogen) atoms. The van der Waals surface area contributed by atoms with E-state index >= 15 is 0 Å². The fraction of sp³-hybridized carbons (Fsp3) is 0.750. The minimum Gasteiger partial charge on any atom is -0.501 e. The second-order valence-corrected chi connectivity index (χ2v) is 3.18. The minimum absolute atomic E-state index is 0.486. The molecule has 50 valence electrons. The Hall–Kier alpha value is -0.460. The van der Waals surface area contributed by atoms with Crippen LogP contribution in [0.1, 0.15) is 25.7 Å². The lowest BCUT2D eigenvalue weighted by Crippen LogP contribution is -2.14. The van der Waals surface area contributed by atoms with Crippen molar-refractivity contribution in [2.24, 2.45) is 5.41 Å². The van der Waals surface area contributed by atoms with E-state index in [0.29, 0.717) is 5.41 Å². The minimum atomic E-state index is 0.486. The average Bonchev–Trinajstić information content (AvgIpc) is 2.45. The molecule has 1 heteroatoms. The van der Waals surface area contributed by atoms with Gasteiger partial charge in [-0.2, -0.15) is 0 Å². The van der Waals surface area contributed by atoms with Crippen LogP contribution in [0.3, 0.4) is 0 Å². The van der Waals surface area contributed by atoms with E-state index in [1.807, 2.05) is 6.26 Å². The van der Waals surface area contributed by atoms with E-state index in [1.54, 1.807) is 0 Å². The third-order valence-electron chi connectivity index (χ3n) is 2.49. The monoisotopic (exact) mass is 124 g/mol. The molecule has 0 N–H and O–H groups in total. The molecule has 0 aromatic heterocycles. The maximum atomic E-state index is 5.20. The smallest absolute Gasteiger partial charge is 0.0964 e. The zero-order valence-corrected chi connectivity index (χ0v) is 5.60. The first-order valence-corrected chi connectivity index (χ1v) is 3.71. The van der Waals surface area contributed by atoms with Crippen LogP contribution < -0.4 is 0 Å². The predicted octanol–water partition coefficient (Wildman–Crippen LogP) is 2.09. The summed E-state index contributed by atoms with van der Waals surface area (Å²) < 4.78 is 5.20. The zero-order valence-electron chi connectivity index (χ0n) is 5.60. The maximum Gasteiger partial charge on any atom is 0.0964 e. The quantitative estimate of drug-likeness (QED) is 0.480. The normalized spacial score (nSPS) is 29.3. The molecule has 0 unspecified atom stereocenters. The van der Waals surface area contributed by atoms with Gasteiger partial charge in [-0.15, -0.1) is 0 Å². The summed E-state index contributed by atoms with van der Waals surface area (Å²) >= 11 is 0. The Balaban J connectivity index is 2.13. The van der Waals surface area contributed by atoms with Crippen molar-refractivity contribution in [1.82, 2.24) is 0 Å². The molecule has 1 nitrogen and oxygen atoms in total. The van der Waals surface area contributed by atoms with Gasteiger partial charge < -0.3 is 4.74 Å². The van der Waals surface area contributed by atoms with Crippen molar-refractivity contribution in [3.05, 3.63) is 12.3 Å². The molecule has 0 atom stereocenters. The molecule has 0 aromatic carbocycles. The molecular formula is C8H12O. The molecule has 1 fully saturated rings. The first-order valence-electron chi connectivity index (χ1n) is 3.71. The van der Waals surface area contributed by atoms with Gasteiger partial charge in [-0.3, -0.25) is 0 Å². The summed E-state index contributed by atoms with van der Waals surface area (Å²) in [5.41, 5.74) is 0.486. The van der Waals surface area contributed by atoms with Crippen molar-refractivity contribution in [3.8, 4) is 0 Å². The van der Waals surface area contributed by atoms with Crippen LogP contribution in [0.5, 0.6) is 0 Å². The molecule has 1 aliphatic carbocycles. The Morgan fingerprint density at radius 2 is 2.00 bits per heavy atom. The second-order valence-electron chi connectivity index (χ2n) is 3.18. The van der Waals surface area contributed by atoms with Crippen LogP contribution in [0.2, 0.25) is 0 Å². The number of ether oxygens (including phenoxy) is 1. The molecule has 1 spiro atoms. The summed E-state index contributed by atoms with van der Waals surface area (Å²) in [5, 5.41) is 0. The maximum absolute atomic E-state index is 5.20. The fourth-order valence-electron chi connectivity index (χ4n) is 1.84. The summed E-state index contributed by atoms with van der Waals surface area (Å²) in [7, 11) is 0. The molecule has 0 amide bonds. The highest BCUT2D eigenvalue weighted by atomic mass is 16.5. The van der Waals surface area contributed by atoms with Crippen molar-refractivity contribution in [2.45, 2.75) is 25.7 Å². The molecule has 2 rings (SSSR count). The van der Waals surface area contributed by atoms with Crippen LogP contribution in [0.4, 0.5) is 0 Å². The van der Waals surface area contributed by atoms with Crippen molar-refractivity contribution >= 4 is 0 Å². The lowest BCUT2D eigenvalue weighted by molar-refractivity contribution is 0.189. The van der Waals surface area contributed by atoms with Crippen LogP contribution in [0.15, 0.2) is 12.3 Å². The van der Waals surface area contributed by atoms with Crippen LogP contribution >= 0.6 is 0 Å². The van der Waals surface area contributed by atoms with Crippen molar-refractivity contribution in [2.75, 3.05) is 6.61 Å². The Morgan fingerprint density at radius 1 is 1.22 bits per heavy atom. The molecule has 0 aromatic rings. The van der Waals surface area contributed by atoms with Crippen LogP contribution in [-0.2, 0) is 4.74 Å².